The molecule has 1 fully saturated rings. The number of benzene rings is 1. The van der Waals surface area contributed by atoms with Crippen molar-refractivity contribution in [3.05, 3.63) is 35.9 Å². The number of rotatable bonds is 2. The zero-order chi connectivity index (χ0) is 12.5. The van der Waals surface area contributed by atoms with Gasteiger partial charge in [-0.1, -0.05) is 30.3 Å². The van der Waals surface area contributed by atoms with Crippen LogP contribution in [0.4, 0.5) is 13.2 Å². The fraction of sp³-hybridized carbons (Fsp3) is 0.538. The normalized spacial score (nSPS) is 26.4. The molecule has 4 heteroatoms. The van der Waals surface area contributed by atoms with E-state index < -0.39 is 11.7 Å². The lowest BCUT2D eigenvalue weighted by atomic mass is 9.97. The summed E-state index contributed by atoms with van der Waals surface area (Å²) in [6, 6.07) is 9.33. The first-order valence-corrected chi connectivity index (χ1v) is 5.79. The van der Waals surface area contributed by atoms with E-state index in [1.165, 1.54) is 6.92 Å². The molecule has 0 aromatic heterocycles. The number of hydrogen-bond acceptors (Lipinski definition) is 1. The van der Waals surface area contributed by atoms with Crippen LogP contribution >= 0.6 is 0 Å². The van der Waals surface area contributed by atoms with Gasteiger partial charge < -0.3 is 0 Å². The van der Waals surface area contributed by atoms with Gasteiger partial charge in [0.15, 0.2) is 0 Å². The fourth-order valence-electron chi connectivity index (χ4n) is 2.40. The third-order valence-electron chi connectivity index (χ3n) is 3.62. The lowest BCUT2D eigenvalue weighted by Crippen LogP contribution is -2.52. The summed E-state index contributed by atoms with van der Waals surface area (Å²) in [6.45, 7) is 2.20. The molecule has 0 saturated carbocycles. The van der Waals surface area contributed by atoms with Gasteiger partial charge in [-0.25, -0.2) is 0 Å². The van der Waals surface area contributed by atoms with Gasteiger partial charge in [-0.05, 0) is 31.9 Å². The highest BCUT2D eigenvalue weighted by atomic mass is 19.4. The molecule has 1 aromatic carbocycles. The minimum Gasteiger partial charge on any atom is -0.286 e. The zero-order valence-electron chi connectivity index (χ0n) is 9.80. The molecule has 0 N–H and O–H groups in total. The molecule has 1 nitrogen and oxygen atoms in total. The SMILES string of the molecule is CC1(C(F)(F)F)CCCN1Cc1ccccc1. The Morgan fingerprint density at radius 2 is 1.88 bits per heavy atom. The van der Waals surface area contributed by atoms with Gasteiger partial charge in [0.2, 0.25) is 0 Å². The molecular formula is C13H16F3N. The summed E-state index contributed by atoms with van der Waals surface area (Å²) in [5, 5.41) is 0. The predicted molar refractivity (Wildman–Crippen MR) is 60.5 cm³/mol. The van der Waals surface area contributed by atoms with E-state index in [0.29, 0.717) is 19.5 Å². The van der Waals surface area contributed by atoms with Crippen LogP contribution in [0, 0.1) is 0 Å². The first kappa shape index (κ1) is 12.4. The number of alkyl halides is 3. The van der Waals surface area contributed by atoms with E-state index in [0.717, 1.165) is 5.56 Å². The maximum atomic E-state index is 13.1. The highest BCUT2D eigenvalue weighted by Gasteiger charge is 2.56. The molecule has 94 valence electrons. The van der Waals surface area contributed by atoms with E-state index in [-0.39, 0.29) is 6.42 Å². The fourth-order valence-corrected chi connectivity index (χ4v) is 2.40. The van der Waals surface area contributed by atoms with Crippen LogP contribution in [-0.2, 0) is 6.54 Å². The van der Waals surface area contributed by atoms with Gasteiger partial charge >= 0.3 is 6.18 Å². The topological polar surface area (TPSA) is 3.24 Å². The molecule has 17 heavy (non-hydrogen) atoms. The molecule has 0 radical (unpaired) electrons. The Labute approximate surface area is 99.2 Å². The standard InChI is InChI=1S/C13H16F3N/c1-12(13(14,15)16)8-5-9-17(12)10-11-6-3-2-4-7-11/h2-4,6-7H,5,8-10H2,1H3. The summed E-state index contributed by atoms with van der Waals surface area (Å²) >= 11 is 0. The Balaban J connectivity index is 2.16. The minimum atomic E-state index is -4.15. The smallest absolute Gasteiger partial charge is 0.286 e. The lowest BCUT2D eigenvalue weighted by molar-refractivity contribution is -0.218. The highest BCUT2D eigenvalue weighted by molar-refractivity contribution is 5.15. The maximum absolute atomic E-state index is 13.1. The van der Waals surface area contributed by atoms with Gasteiger partial charge in [0.25, 0.3) is 0 Å². The second-order valence-electron chi connectivity index (χ2n) is 4.78. The van der Waals surface area contributed by atoms with E-state index in [4.69, 9.17) is 0 Å². The molecule has 1 unspecified atom stereocenters. The van der Waals surface area contributed by atoms with Crippen molar-refractivity contribution in [3.8, 4) is 0 Å². The van der Waals surface area contributed by atoms with Crippen molar-refractivity contribution >= 4 is 0 Å². The van der Waals surface area contributed by atoms with E-state index in [2.05, 4.69) is 0 Å². The van der Waals surface area contributed by atoms with Crippen LogP contribution in [0.15, 0.2) is 30.3 Å². The van der Waals surface area contributed by atoms with Crippen LogP contribution < -0.4 is 0 Å². The van der Waals surface area contributed by atoms with Gasteiger partial charge in [-0.15, -0.1) is 0 Å². The molecular weight excluding hydrogens is 227 g/mol. The van der Waals surface area contributed by atoms with Crippen molar-refractivity contribution in [1.29, 1.82) is 0 Å². The maximum Gasteiger partial charge on any atom is 0.406 e. The molecule has 0 aliphatic carbocycles. The summed E-state index contributed by atoms with van der Waals surface area (Å²) in [5.74, 6) is 0. The number of halogens is 3. The molecule has 0 bridgehead atoms. The van der Waals surface area contributed by atoms with Crippen molar-refractivity contribution in [2.45, 2.75) is 38.0 Å². The largest absolute Gasteiger partial charge is 0.406 e. The van der Waals surface area contributed by atoms with Crippen molar-refractivity contribution in [2.24, 2.45) is 0 Å². The average Bonchev–Trinajstić information content (AvgIpc) is 2.63. The first-order chi connectivity index (χ1) is 7.93. The average molecular weight is 243 g/mol. The number of nitrogens with zero attached hydrogens (tertiary/aromatic N) is 1. The van der Waals surface area contributed by atoms with Gasteiger partial charge in [0.1, 0.15) is 5.54 Å². The number of hydrogen-bond donors (Lipinski definition) is 0. The molecule has 1 aliphatic heterocycles. The Morgan fingerprint density at radius 1 is 1.24 bits per heavy atom. The van der Waals surface area contributed by atoms with Crippen LogP contribution in [-0.4, -0.2) is 23.2 Å². The van der Waals surface area contributed by atoms with Crippen molar-refractivity contribution < 1.29 is 13.2 Å². The summed E-state index contributed by atoms with van der Waals surface area (Å²) in [5.41, 5.74) is -0.729. The second-order valence-corrected chi connectivity index (χ2v) is 4.78. The Kier molecular flexibility index (Phi) is 3.17. The zero-order valence-corrected chi connectivity index (χ0v) is 9.80. The second kappa shape index (κ2) is 4.33. The molecule has 1 saturated heterocycles. The summed E-state index contributed by atoms with van der Waals surface area (Å²) in [7, 11) is 0. The summed E-state index contributed by atoms with van der Waals surface area (Å²) in [6.07, 6.45) is -3.34. The third kappa shape index (κ3) is 2.32. The van der Waals surface area contributed by atoms with Gasteiger partial charge in [-0.3, -0.25) is 4.90 Å². The van der Waals surface area contributed by atoms with Gasteiger partial charge in [0, 0.05) is 6.54 Å². The third-order valence-corrected chi connectivity index (χ3v) is 3.62. The molecule has 0 spiro atoms. The molecule has 1 atom stereocenters. The summed E-state index contributed by atoms with van der Waals surface area (Å²) in [4.78, 5) is 1.54. The molecule has 2 rings (SSSR count). The van der Waals surface area contributed by atoms with Crippen molar-refractivity contribution in [3.63, 3.8) is 0 Å². The Hall–Kier alpha value is -1.03. The van der Waals surface area contributed by atoms with Crippen LogP contribution in [0.25, 0.3) is 0 Å². The molecule has 1 heterocycles. The first-order valence-electron chi connectivity index (χ1n) is 5.79. The lowest BCUT2D eigenvalue weighted by Gasteiger charge is -2.36. The van der Waals surface area contributed by atoms with Crippen molar-refractivity contribution in [2.75, 3.05) is 6.54 Å². The van der Waals surface area contributed by atoms with Gasteiger partial charge in [0.05, 0.1) is 0 Å². The summed E-state index contributed by atoms with van der Waals surface area (Å²) < 4.78 is 39.2. The van der Waals surface area contributed by atoms with Crippen LogP contribution in [0.2, 0.25) is 0 Å². The quantitative estimate of drug-likeness (QED) is 0.767. The number of likely N-dealkylation sites (tertiary alicyclic amines) is 1. The molecule has 0 amide bonds. The van der Waals surface area contributed by atoms with E-state index in [9.17, 15) is 13.2 Å². The van der Waals surface area contributed by atoms with E-state index in [1.807, 2.05) is 30.3 Å². The minimum absolute atomic E-state index is 0.198. The Bertz CT molecular complexity index is 374. The molecule has 1 aliphatic rings. The monoisotopic (exact) mass is 243 g/mol. The van der Waals surface area contributed by atoms with E-state index in [1.54, 1.807) is 4.90 Å². The Morgan fingerprint density at radius 3 is 2.47 bits per heavy atom. The van der Waals surface area contributed by atoms with Crippen molar-refractivity contribution in [1.82, 2.24) is 4.90 Å². The van der Waals surface area contributed by atoms with Crippen LogP contribution in [0.5, 0.6) is 0 Å². The highest BCUT2D eigenvalue weighted by Crippen LogP contribution is 2.43. The molecule has 1 aromatic rings. The van der Waals surface area contributed by atoms with Crippen LogP contribution in [0.1, 0.15) is 25.3 Å². The van der Waals surface area contributed by atoms with Gasteiger partial charge in [-0.2, -0.15) is 13.2 Å². The van der Waals surface area contributed by atoms with Crippen LogP contribution in [0.3, 0.4) is 0 Å². The van der Waals surface area contributed by atoms with E-state index >= 15 is 0 Å². The predicted octanol–water partition coefficient (Wildman–Crippen LogP) is 3.60.